The van der Waals surface area contributed by atoms with Gasteiger partial charge in [-0.1, -0.05) is 60.1 Å². The van der Waals surface area contributed by atoms with Crippen molar-refractivity contribution < 1.29 is 8.42 Å². The number of hydrogen-bond acceptors (Lipinski definition) is 3. The van der Waals surface area contributed by atoms with Gasteiger partial charge >= 0.3 is 0 Å². The first-order valence-corrected chi connectivity index (χ1v) is 10.8. The van der Waals surface area contributed by atoms with E-state index in [4.69, 9.17) is 11.6 Å². The van der Waals surface area contributed by atoms with Gasteiger partial charge in [0.1, 0.15) is 0 Å². The van der Waals surface area contributed by atoms with Gasteiger partial charge in [0, 0.05) is 22.7 Å². The number of halogens is 1. The summed E-state index contributed by atoms with van der Waals surface area (Å²) in [6.45, 7) is 0.503. The van der Waals surface area contributed by atoms with Crippen molar-refractivity contribution in [2.75, 3.05) is 12.3 Å². The van der Waals surface area contributed by atoms with Gasteiger partial charge in [0.15, 0.2) is 0 Å². The predicted molar refractivity (Wildman–Crippen MR) is 104 cm³/mol. The Morgan fingerprint density at radius 1 is 0.960 bits per heavy atom. The van der Waals surface area contributed by atoms with Crippen molar-refractivity contribution in [1.82, 2.24) is 4.31 Å². The molecule has 6 heteroatoms. The van der Waals surface area contributed by atoms with Gasteiger partial charge in [-0.25, -0.2) is 8.42 Å². The average molecular weight is 390 g/mol. The van der Waals surface area contributed by atoms with Gasteiger partial charge in [0.25, 0.3) is 0 Å². The molecule has 4 rings (SSSR count). The first kappa shape index (κ1) is 16.9. The summed E-state index contributed by atoms with van der Waals surface area (Å²) in [5.74, 6) is 0.775. The molecule has 0 amide bonds. The second kappa shape index (κ2) is 6.65. The van der Waals surface area contributed by atoms with Crippen LogP contribution in [0.3, 0.4) is 0 Å². The van der Waals surface area contributed by atoms with Crippen LogP contribution in [0.15, 0.2) is 71.6 Å². The summed E-state index contributed by atoms with van der Waals surface area (Å²) in [4.78, 5) is 0.368. The first-order chi connectivity index (χ1) is 12.1. The maximum absolute atomic E-state index is 13.4. The summed E-state index contributed by atoms with van der Waals surface area (Å²) in [5, 5.41) is 2.12. The van der Waals surface area contributed by atoms with Crippen LogP contribution in [-0.4, -0.2) is 25.0 Å². The van der Waals surface area contributed by atoms with Crippen molar-refractivity contribution >= 4 is 44.2 Å². The monoisotopic (exact) mass is 389 g/mol. The summed E-state index contributed by atoms with van der Waals surface area (Å²) < 4.78 is 28.4. The molecule has 3 nitrogen and oxygen atoms in total. The predicted octanol–water partition coefficient (Wildman–Crippen LogP) is 4.93. The molecule has 0 aliphatic carbocycles. The second-order valence-electron chi connectivity index (χ2n) is 5.87. The molecule has 25 heavy (non-hydrogen) atoms. The molecule has 0 bridgehead atoms. The summed E-state index contributed by atoms with van der Waals surface area (Å²) in [6, 6.07) is 20.4. The lowest BCUT2D eigenvalue weighted by Gasteiger charge is -2.24. The molecule has 0 spiro atoms. The third-order valence-corrected chi connectivity index (χ3v) is 7.91. The number of sulfonamides is 1. The maximum atomic E-state index is 13.4. The Balaban J connectivity index is 1.80. The van der Waals surface area contributed by atoms with E-state index < -0.39 is 10.0 Å². The Bertz CT molecular complexity index is 1010. The minimum atomic E-state index is -3.59. The van der Waals surface area contributed by atoms with E-state index in [1.165, 1.54) is 0 Å². The van der Waals surface area contributed by atoms with E-state index in [2.05, 4.69) is 0 Å². The van der Waals surface area contributed by atoms with Gasteiger partial charge in [0.2, 0.25) is 10.0 Å². The largest absolute Gasteiger partial charge is 0.245 e. The summed E-state index contributed by atoms with van der Waals surface area (Å²) in [6.07, 6.45) is 0. The highest BCUT2D eigenvalue weighted by molar-refractivity contribution is 8.01. The number of hydrogen-bond donors (Lipinski definition) is 0. The van der Waals surface area contributed by atoms with Crippen molar-refractivity contribution in [1.29, 1.82) is 0 Å². The summed E-state index contributed by atoms with van der Waals surface area (Å²) >= 11 is 7.61. The standard InChI is InChI=1S/C19H16ClNO2S2/c20-16-10-8-15(9-11-16)19-21(12-13-24-19)25(22,23)18-7-3-5-14-4-1-2-6-17(14)18/h1-11,19H,12-13H2/t19-/m1/s1. The van der Waals surface area contributed by atoms with Gasteiger partial charge in [-0.3, -0.25) is 0 Å². The van der Waals surface area contributed by atoms with E-state index in [-0.39, 0.29) is 5.37 Å². The zero-order valence-corrected chi connectivity index (χ0v) is 15.7. The highest BCUT2D eigenvalue weighted by Crippen LogP contribution is 2.42. The van der Waals surface area contributed by atoms with Crippen LogP contribution in [0, 0.1) is 0 Å². The Kier molecular flexibility index (Phi) is 4.50. The molecule has 1 fully saturated rings. The molecule has 0 unspecified atom stereocenters. The fraction of sp³-hybridized carbons (Fsp3) is 0.158. The van der Waals surface area contributed by atoms with E-state index in [1.54, 1.807) is 40.3 Å². The minimum Gasteiger partial charge on any atom is -0.207 e. The average Bonchev–Trinajstić information content (AvgIpc) is 3.12. The minimum absolute atomic E-state index is 0.221. The lowest BCUT2D eigenvalue weighted by atomic mass is 10.1. The lowest BCUT2D eigenvalue weighted by molar-refractivity contribution is 0.435. The molecular weight excluding hydrogens is 374 g/mol. The molecule has 1 aliphatic rings. The molecule has 1 saturated heterocycles. The molecule has 0 aromatic heterocycles. The number of nitrogens with zero attached hydrogens (tertiary/aromatic N) is 1. The van der Waals surface area contributed by atoms with Crippen LogP contribution in [0.5, 0.6) is 0 Å². The van der Waals surface area contributed by atoms with Gasteiger partial charge in [-0.05, 0) is 29.1 Å². The second-order valence-corrected chi connectivity index (χ2v) is 9.35. The van der Waals surface area contributed by atoms with Gasteiger partial charge in [0.05, 0.1) is 10.3 Å². The van der Waals surface area contributed by atoms with Crippen LogP contribution in [-0.2, 0) is 10.0 Å². The molecular formula is C19H16ClNO2S2. The quantitative estimate of drug-likeness (QED) is 0.637. The third kappa shape index (κ3) is 3.06. The Morgan fingerprint density at radius 3 is 2.48 bits per heavy atom. The molecule has 0 N–H and O–H groups in total. The van der Waals surface area contributed by atoms with Crippen molar-refractivity contribution in [3.63, 3.8) is 0 Å². The zero-order valence-electron chi connectivity index (χ0n) is 13.3. The van der Waals surface area contributed by atoms with Crippen molar-refractivity contribution in [3.8, 4) is 0 Å². The number of thioether (sulfide) groups is 1. The summed E-state index contributed by atoms with van der Waals surface area (Å²) in [5.41, 5.74) is 0.954. The fourth-order valence-corrected chi connectivity index (χ4v) is 6.72. The van der Waals surface area contributed by atoms with Crippen molar-refractivity contribution in [2.24, 2.45) is 0 Å². The Labute approximate surface area is 156 Å². The topological polar surface area (TPSA) is 37.4 Å². The molecule has 0 saturated carbocycles. The van der Waals surface area contributed by atoms with Crippen LogP contribution in [0.4, 0.5) is 0 Å². The van der Waals surface area contributed by atoms with Crippen LogP contribution < -0.4 is 0 Å². The highest BCUT2D eigenvalue weighted by atomic mass is 35.5. The lowest BCUT2D eigenvalue weighted by Crippen LogP contribution is -2.30. The molecule has 128 valence electrons. The van der Waals surface area contributed by atoms with Crippen LogP contribution in [0.25, 0.3) is 10.8 Å². The van der Waals surface area contributed by atoms with Gasteiger partial charge in [-0.2, -0.15) is 4.31 Å². The molecule has 3 aromatic rings. The van der Waals surface area contributed by atoms with Gasteiger partial charge < -0.3 is 0 Å². The fourth-order valence-electron chi connectivity index (χ4n) is 3.14. The van der Waals surface area contributed by atoms with E-state index in [9.17, 15) is 8.42 Å². The SMILES string of the molecule is O=S(=O)(c1cccc2ccccc12)N1CCS[C@@H]1c1ccc(Cl)cc1. The normalized spacial score (nSPS) is 18.7. The van der Waals surface area contributed by atoms with Crippen molar-refractivity contribution in [3.05, 3.63) is 77.3 Å². The zero-order chi connectivity index (χ0) is 17.4. The Hall–Kier alpha value is -1.53. The van der Waals surface area contributed by atoms with Crippen LogP contribution >= 0.6 is 23.4 Å². The van der Waals surface area contributed by atoms with E-state index in [0.29, 0.717) is 16.5 Å². The van der Waals surface area contributed by atoms with Gasteiger partial charge in [-0.15, -0.1) is 11.8 Å². The van der Waals surface area contributed by atoms with Crippen LogP contribution in [0.1, 0.15) is 10.9 Å². The number of benzene rings is 3. The highest BCUT2D eigenvalue weighted by Gasteiger charge is 2.37. The van der Waals surface area contributed by atoms with E-state index in [0.717, 1.165) is 22.1 Å². The number of fused-ring (bicyclic) bond motifs is 1. The molecule has 1 aliphatic heterocycles. The molecule has 0 radical (unpaired) electrons. The summed E-state index contributed by atoms with van der Waals surface area (Å²) in [7, 11) is -3.59. The third-order valence-electron chi connectivity index (χ3n) is 4.34. The van der Waals surface area contributed by atoms with E-state index >= 15 is 0 Å². The molecule has 3 aromatic carbocycles. The Morgan fingerprint density at radius 2 is 1.68 bits per heavy atom. The number of rotatable bonds is 3. The van der Waals surface area contributed by atoms with E-state index in [1.807, 2.05) is 42.5 Å². The smallest absolute Gasteiger partial charge is 0.207 e. The first-order valence-electron chi connectivity index (χ1n) is 7.94. The maximum Gasteiger partial charge on any atom is 0.245 e. The molecule has 1 atom stereocenters. The van der Waals surface area contributed by atoms with Crippen molar-refractivity contribution in [2.45, 2.75) is 10.3 Å². The molecule has 1 heterocycles. The van der Waals surface area contributed by atoms with Crippen LogP contribution in [0.2, 0.25) is 5.02 Å².